The van der Waals surface area contributed by atoms with E-state index in [1.165, 1.54) is 40.6 Å². The average Bonchev–Trinajstić information content (AvgIpc) is 3.41. The maximum absolute atomic E-state index is 12.5. The molecule has 1 aliphatic heterocycles. The van der Waals surface area contributed by atoms with Crippen molar-refractivity contribution in [1.29, 1.82) is 0 Å². The number of aromatic amines is 1. The topological polar surface area (TPSA) is 83.8 Å². The van der Waals surface area contributed by atoms with Crippen LogP contribution in [-0.2, 0) is 16.8 Å². The fourth-order valence-electron chi connectivity index (χ4n) is 5.76. The molecule has 1 saturated carbocycles. The number of nitrogens with zero attached hydrogens (tertiary/aromatic N) is 1. The second-order valence-electron chi connectivity index (χ2n) is 8.96. The summed E-state index contributed by atoms with van der Waals surface area (Å²) in [6, 6.07) is 16.3. The van der Waals surface area contributed by atoms with Gasteiger partial charge in [0.15, 0.2) is 0 Å². The van der Waals surface area contributed by atoms with Gasteiger partial charge in [0.1, 0.15) is 10.5 Å². The van der Waals surface area contributed by atoms with E-state index in [0.29, 0.717) is 12.3 Å². The normalized spacial score (nSPS) is 24.5. The molecule has 0 spiro atoms. The van der Waals surface area contributed by atoms with Crippen molar-refractivity contribution < 1.29 is 4.79 Å². The summed E-state index contributed by atoms with van der Waals surface area (Å²) in [5.41, 5.74) is 9.89. The average molecular weight is 431 g/mol. The van der Waals surface area contributed by atoms with E-state index in [9.17, 15) is 4.79 Å². The summed E-state index contributed by atoms with van der Waals surface area (Å²) < 4.78 is 1.17. The number of nitrogens with one attached hydrogen (secondary N) is 2. The van der Waals surface area contributed by atoms with Gasteiger partial charge in [-0.3, -0.25) is 10.1 Å². The molecule has 2 aromatic heterocycles. The lowest BCUT2D eigenvalue weighted by atomic mass is 9.69. The fourth-order valence-corrected chi connectivity index (χ4v) is 6.97. The fraction of sp³-hybridized carbons (Fsp3) is 0.360. The Morgan fingerprint density at radius 2 is 1.84 bits per heavy atom. The van der Waals surface area contributed by atoms with E-state index in [0.717, 1.165) is 28.9 Å². The number of para-hydroxylation sites is 2. The Bertz CT molecular complexity index is 1250. The van der Waals surface area contributed by atoms with Crippen molar-refractivity contribution in [1.82, 2.24) is 15.3 Å². The summed E-state index contributed by atoms with van der Waals surface area (Å²) in [6.07, 6.45) is 6.51. The molecule has 0 saturated heterocycles. The summed E-state index contributed by atoms with van der Waals surface area (Å²) in [5.74, 6) is 0.0630. The minimum absolute atomic E-state index is 0.294. The van der Waals surface area contributed by atoms with Crippen LogP contribution in [-0.4, -0.2) is 21.9 Å². The van der Waals surface area contributed by atoms with E-state index in [2.05, 4.69) is 52.8 Å². The highest BCUT2D eigenvalue weighted by molar-refractivity contribution is 7.18. The Kier molecular flexibility index (Phi) is 4.40. The highest BCUT2D eigenvalue weighted by Gasteiger charge is 2.51. The highest BCUT2D eigenvalue weighted by atomic mass is 32.1. The number of hydrogen-bond donors (Lipinski definition) is 3. The molecule has 1 fully saturated rings. The quantitative estimate of drug-likeness (QED) is 0.444. The first-order valence-electron chi connectivity index (χ1n) is 11.2. The number of thiazole rings is 1. The van der Waals surface area contributed by atoms with Gasteiger partial charge < -0.3 is 10.7 Å². The maximum atomic E-state index is 12.5. The number of nitrogens with two attached hydrogens (primary N) is 1. The van der Waals surface area contributed by atoms with Crippen LogP contribution in [0.1, 0.15) is 48.4 Å². The first-order valence-corrected chi connectivity index (χ1v) is 12.0. The van der Waals surface area contributed by atoms with E-state index in [1.54, 1.807) is 11.3 Å². The van der Waals surface area contributed by atoms with Crippen LogP contribution in [0.2, 0.25) is 0 Å². The third-order valence-corrected chi connectivity index (χ3v) is 8.38. The van der Waals surface area contributed by atoms with Crippen molar-refractivity contribution in [3.05, 3.63) is 64.8 Å². The van der Waals surface area contributed by atoms with Crippen molar-refractivity contribution in [3.63, 3.8) is 0 Å². The second-order valence-corrected chi connectivity index (χ2v) is 9.99. The molecule has 2 aromatic carbocycles. The molecule has 0 unspecified atom stereocenters. The Morgan fingerprint density at radius 1 is 1.06 bits per heavy atom. The van der Waals surface area contributed by atoms with Crippen LogP contribution in [0, 0.1) is 5.92 Å². The van der Waals surface area contributed by atoms with E-state index >= 15 is 0 Å². The largest absolute Gasteiger partial charge is 0.368 e. The lowest BCUT2D eigenvalue weighted by Gasteiger charge is -2.46. The Hall–Kier alpha value is -2.70. The highest BCUT2D eigenvalue weighted by Crippen LogP contribution is 2.50. The summed E-state index contributed by atoms with van der Waals surface area (Å²) in [4.78, 5) is 21.4. The number of primary amides is 1. The first kappa shape index (κ1) is 19.0. The number of benzene rings is 2. The molecule has 2 aliphatic rings. The van der Waals surface area contributed by atoms with Gasteiger partial charge in [0.05, 0.1) is 16.3 Å². The number of aromatic nitrogens is 2. The van der Waals surface area contributed by atoms with Gasteiger partial charge in [-0.05, 0) is 48.9 Å². The molecule has 158 valence electrons. The number of amides is 1. The minimum atomic E-state index is -0.531. The van der Waals surface area contributed by atoms with Crippen molar-refractivity contribution in [2.24, 2.45) is 11.7 Å². The van der Waals surface area contributed by atoms with Crippen molar-refractivity contribution in [3.8, 4) is 0 Å². The van der Waals surface area contributed by atoms with Crippen LogP contribution < -0.4 is 11.1 Å². The monoisotopic (exact) mass is 430 g/mol. The third-order valence-electron chi connectivity index (χ3n) is 7.21. The van der Waals surface area contributed by atoms with Gasteiger partial charge in [-0.1, -0.05) is 49.6 Å². The zero-order valence-electron chi connectivity index (χ0n) is 17.4. The molecule has 31 heavy (non-hydrogen) atoms. The molecule has 6 heteroatoms. The minimum Gasteiger partial charge on any atom is -0.368 e. The smallest absolute Gasteiger partial charge is 0.234 e. The van der Waals surface area contributed by atoms with Gasteiger partial charge in [-0.25, -0.2) is 4.98 Å². The molecule has 0 radical (unpaired) electrons. The van der Waals surface area contributed by atoms with Crippen molar-refractivity contribution >= 4 is 38.4 Å². The van der Waals surface area contributed by atoms with Gasteiger partial charge in [0.2, 0.25) is 5.91 Å². The third kappa shape index (κ3) is 2.85. The molecule has 4 aromatic rings. The molecule has 0 bridgehead atoms. The van der Waals surface area contributed by atoms with Gasteiger partial charge in [-0.2, -0.15) is 0 Å². The number of fused-ring (bicyclic) bond motifs is 4. The van der Waals surface area contributed by atoms with Gasteiger partial charge >= 0.3 is 0 Å². The standard InChI is InChI=1S/C25H26N4OS/c26-23(30)20-14-17-16-10-4-5-11-18(16)27-22(17)25(29-20,15-8-2-1-3-9-15)24-28-19-12-6-7-13-21(19)31-24/h4-7,10-13,15,20,27,29H,1-3,8-9,14H2,(H2,26,30)/t20-,25-/m1/s1. The lowest BCUT2D eigenvalue weighted by molar-refractivity contribution is -0.121. The van der Waals surface area contributed by atoms with Crippen LogP contribution in [0.3, 0.4) is 0 Å². The van der Waals surface area contributed by atoms with Crippen molar-refractivity contribution in [2.75, 3.05) is 0 Å². The summed E-state index contributed by atoms with van der Waals surface area (Å²) in [6.45, 7) is 0. The first-order chi connectivity index (χ1) is 15.2. The summed E-state index contributed by atoms with van der Waals surface area (Å²) in [5, 5.41) is 6.00. The number of rotatable bonds is 3. The predicted octanol–water partition coefficient (Wildman–Crippen LogP) is 4.60. The number of H-pyrrole nitrogens is 1. The second kappa shape index (κ2) is 7.18. The molecular formula is C25H26N4OS. The molecule has 3 heterocycles. The predicted molar refractivity (Wildman–Crippen MR) is 125 cm³/mol. The molecule has 5 nitrogen and oxygen atoms in total. The summed E-state index contributed by atoms with van der Waals surface area (Å²) >= 11 is 1.74. The number of carbonyl (C=O) groups excluding carboxylic acids is 1. The molecule has 2 atom stereocenters. The Morgan fingerprint density at radius 3 is 2.65 bits per heavy atom. The molecule has 1 aliphatic carbocycles. The van der Waals surface area contributed by atoms with Crippen LogP contribution in [0.5, 0.6) is 0 Å². The summed E-state index contributed by atoms with van der Waals surface area (Å²) in [7, 11) is 0. The zero-order chi connectivity index (χ0) is 21.0. The maximum Gasteiger partial charge on any atom is 0.234 e. The SMILES string of the molecule is NC(=O)[C@H]1Cc2c([nH]c3ccccc23)[C@@](c2nc3ccccc3s2)(C2CCCCC2)N1. The zero-order valence-corrected chi connectivity index (χ0v) is 18.2. The molecule has 1 amide bonds. The number of carbonyl (C=O) groups is 1. The van der Waals surface area contributed by atoms with Crippen LogP contribution in [0.4, 0.5) is 0 Å². The van der Waals surface area contributed by atoms with Gasteiger partial charge in [0.25, 0.3) is 0 Å². The Labute approximate surface area is 185 Å². The number of hydrogen-bond acceptors (Lipinski definition) is 4. The molecule has 4 N–H and O–H groups in total. The lowest BCUT2D eigenvalue weighted by Crippen LogP contribution is -2.61. The van der Waals surface area contributed by atoms with E-state index < -0.39 is 11.6 Å². The molecule has 6 rings (SSSR count). The van der Waals surface area contributed by atoms with E-state index in [1.807, 2.05) is 6.07 Å². The van der Waals surface area contributed by atoms with Gasteiger partial charge in [-0.15, -0.1) is 11.3 Å². The molecular weight excluding hydrogens is 404 g/mol. The van der Waals surface area contributed by atoms with Crippen LogP contribution in [0.15, 0.2) is 48.5 Å². The van der Waals surface area contributed by atoms with E-state index in [4.69, 9.17) is 10.7 Å². The van der Waals surface area contributed by atoms with Crippen LogP contribution in [0.25, 0.3) is 21.1 Å². The van der Waals surface area contributed by atoms with Crippen LogP contribution >= 0.6 is 11.3 Å². The van der Waals surface area contributed by atoms with Crippen molar-refractivity contribution in [2.45, 2.75) is 50.1 Å². The Balaban J connectivity index is 1.67. The van der Waals surface area contributed by atoms with E-state index in [-0.39, 0.29) is 5.91 Å². The van der Waals surface area contributed by atoms with Gasteiger partial charge in [0, 0.05) is 16.6 Å².